The first-order valence-electron chi connectivity index (χ1n) is 4.21. The molecule has 7 nitrogen and oxygen atoms in total. The molecule has 1 aromatic heterocycles. The fourth-order valence-corrected chi connectivity index (χ4v) is 1.45. The zero-order chi connectivity index (χ0) is 12.3. The van der Waals surface area contributed by atoms with Gasteiger partial charge < -0.3 is 14.8 Å². The smallest absolute Gasteiger partial charge is 0.328 e. The largest absolute Gasteiger partial charge is 0.469 e. The number of phosphoric ester groups is 1. The topological polar surface area (TPSA) is 117 Å². The van der Waals surface area contributed by atoms with E-state index >= 15 is 0 Å². The third-order valence-corrected chi connectivity index (χ3v) is 2.44. The lowest BCUT2D eigenvalue weighted by Crippen LogP contribution is -2.14. The molecule has 0 unspecified atom stereocenters. The van der Waals surface area contributed by atoms with Gasteiger partial charge in [0.1, 0.15) is 0 Å². The summed E-state index contributed by atoms with van der Waals surface area (Å²) < 4.78 is 14.7. The van der Waals surface area contributed by atoms with Crippen molar-refractivity contribution in [1.82, 2.24) is 4.98 Å². The van der Waals surface area contributed by atoms with Crippen LogP contribution in [-0.2, 0) is 15.7 Å². The molecule has 0 aliphatic heterocycles. The molecule has 1 rings (SSSR count). The monoisotopic (exact) mass is 247 g/mol. The van der Waals surface area contributed by atoms with Crippen LogP contribution in [0.4, 0.5) is 0 Å². The highest BCUT2D eigenvalue weighted by atomic mass is 31.2. The molecule has 0 radical (unpaired) electrons. The highest BCUT2D eigenvalue weighted by Gasteiger charge is 2.16. The molecule has 88 valence electrons. The van der Waals surface area contributed by atoms with Crippen LogP contribution in [0, 0.1) is 6.92 Å². The summed E-state index contributed by atoms with van der Waals surface area (Å²) in [5.41, 5.74) is 0.0523. The first-order chi connectivity index (χ1) is 7.35. The maximum absolute atomic E-state index is 11.1. The Balaban J connectivity index is 3.06. The molecule has 0 amide bonds. The maximum Gasteiger partial charge on any atom is 0.469 e. The van der Waals surface area contributed by atoms with Crippen molar-refractivity contribution in [3.63, 3.8) is 0 Å². The van der Waals surface area contributed by atoms with Crippen molar-refractivity contribution in [2.24, 2.45) is 0 Å². The average molecular weight is 247 g/mol. The second-order valence-electron chi connectivity index (χ2n) is 3.06. The van der Waals surface area contributed by atoms with Crippen LogP contribution >= 0.6 is 7.82 Å². The van der Waals surface area contributed by atoms with Gasteiger partial charge in [0.25, 0.3) is 5.56 Å². The summed E-state index contributed by atoms with van der Waals surface area (Å²) >= 11 is 0. The van der Waals surface area contributed by atoms with E-state index in [0.29, 0.717) is 6.29 Å². The lowest BCUT2D eigenvalue weighted by atomic mass is 10.1. The molecule has 0 bridgehead atoms. The first-order valence-corrected chi connectivity index (χ1v) is 5.74. The molecule has 0 aliphatic carbocycles. The standard InChI is InChI=1S/C8H10NO6P/c1-5-7(3-10)6(2-9-8(5)11)4-15-16(12,13)14/h2-3H,4H2,1H3,(H,9,11)(H2,12,13,14). The van der Waals surface area contributed by atoms with Crippen LogP contribution in [0.25, 0.3) is 0 Å². The van der Waals surface area contributed by atoms with Crippen LogP contribution < -0.4 is 5.56 Å². The van der Waals surface area contributed by atoms with Crippen LogP contribution in [0.15, 0.2) is 11.0 Å². The molecule has 16 heavy (non-hydrogen) atoms. The quantitative estimate of drug-likeness (QED) is 0.513. The number of hydrogen-bond donors (Lipinski definition) is 3. The summed E-state index contributed by atoms with van der Waals surface area (Å²) in [6, 6.07) is 0. The van der Waals surface area contributed by atoms with Gasteiger partial charge in [0.05, 0.1) is 6.61 Å². The Labute approximate surface area is 90.3 Å². The number of hydrogen-bond acceptors (Lipinski definition) is 4. The molecule has 0 spiro atoms. The average Bonchev–Trinajstić information content (AvgIpc) is 2.18. The summed E-state index contributed by atoms with van der Waals surface area (Å²) in [6.45, 7) is 0.986. The molecule has 8 heteroatoms. The third-order valence-electron chi connectivity index (χ3n) is 1.97. The lowest BCUT2D eigenvalue weighted by molar-refractivity contribution is 0.111. The van der Waals surface area contributed by atoms with E-state index in [2.05, 4.69) is 9.51 Å². The number of pyridine rings is 1. The van der Waals surface area contributed by atoms with E-state index < -0.39 is 20.0 Å². The van der Waals surface area contributed by atoms with Crippen LogP contribution in [0.1, 0.15) is 21.5 Å². The Kier molecular flexibility index (Phi) is 3.77. The molecular weight excluding hydrogens is 237 g/mol. The summed E-state index contributed by atoms with van der Waals surface area (Å²) in [5, 5.41) is 0. The molecule has 1 aromatic rings. The molecule has 3 N–H and O–H groups in total. The van der Waals surface area contributed by atoms with Crippen molar-refractivity contribution in [3.8, 4) is 0 Å². The fraction of sp³-hybridized carbons (Fsp3) is 0.250. The van der Waals surface area contributed by atoms with Crippen LogP contribution in [0.2, 0.25) is 0 Å². The van der Waals surface area contributed by atoms with E-state index in [9.17, 15) is 14.2 Å². The first kappa shape index (κ1) is 12.8. The van der Waals surface area contributed by atoms with Crippen molar-refractivity contribution in [3.05, 3.63) is 33.2 Å². The van der Waals surface area contributed by atoms with Gasteiger partial charge in [-0.2, -0.15) is 0 Å². The van der Waals surface area contributed by atoms with E-state index in [1.165, 1.54) is 13.1 Å². The van der Waals surface area contributed by atoms with E-state index in [1.807, 2.05) is 0 Å². The molecule has 0 saturated carbocycles. The van der Waals surface area contributed by atoms with Crippen molar-refractivity contribution < 1.29 is 23.7 Å². The number of carbonyl (C=O) groups is 1. The molecule has 0 fully saturated rings. The summed E-state index contributed by atoms with van der Waals surface area (Å²) in [4.78, 5) is 41.2. The minimum Gasteiger partial charge on any atom is -0.328 e. The Morgan fingerprint density at radius 3 is 2.69 bits per heavy atom. The van der Waals surface area contributed by atoms with Gasteiger partial charge in [-0.15, -0.1) is 0 Å². The minimum atomic E-state index is -4.60. The Morgan fingerprint density at radius 1 is 1.56 bits per heavy atom. The molecule has 0 atom stereocenters. The molecule has 0 aromatic carbocycles. The van der Waals surface area contributed by atoms with E-state index in [4.69, 9.17) is 9.79 Å². The molecule has 0 saturated heterocycles. The second kappa shape index (κ2) is 4.71. The predicted molar refractivity (Wildman–Crippen MR) is 54.0 cm³/mol. The third kappa shape index (κ3) is 3.11. The number of carbonyl (C=O) groups excluding carboxylic acids is 1. The summed E-state index contributed by atoms with van der Waals surface area (Å²) in [6.07, 6.45) is 1.64. The van der Waals surface area contributed by atoms with Crippen molar-refractivity contribution in [1.29, 1.82) is 0 Å². The molecule has 0 aliphatic rings. The van der Waals surface area contributed by atoms with Crippen LogP contribution in [-0.4, -0.2) is 21.1 Å². The van der Waals surface area contributed by atoms with Gasteiger partial charge in [0.2, 0.25) is 0 Å². The Hall–Kier alpha value is -1.27. The number of phosphoric acid groups is 1. The van der Waals surface area contributed by atoms with Gasteiger partial charge in [-0.1, -0.05) is 0 Å². The minimum absolute atomic E-state index is 0.0807. The number of aromatic amines is 1. The number of aromatic nitrogens is 1. The van der Waals surface area contributed by atoms with Gasteiger partial charge >= 0.3 is 7.82 Å². The zero-order valence-electron chi connectivity index (χ0n) is 8.34. The lowest BCUT2D eigenvalue weighted by Gasteiger charge is -2.08. The number of nitrogens with one attached hydrogen (secondary N) is 1. The van der Waals surface area contributed by atoms with E-state index in [1.54, 1.807) is 0 Å². The highest BCUT2D eigenvalue weighted by Crippen LogP contribution is 2.37. The zero-order valence-corrected chi connectivity index (χ0v) is 9.23. The number of H-pyrrole nitrogens is 1. The van der Waals surface area contributed by atoms with Crippen LogP contribution in [0.5, 0.6) is 0 Å². The SMILES string of the molecule is Cc1c(C=O)c(COP(=O)(O)O)c[nH]c1=O. The van der Waals surface area contributed by atoms with Crippen molar-refractivity contribution >= 4 is 14.1 Å². The normalized spacial score (nSPS) is 11.4. The van der Waals surface area contributed by atoms with Crippen LogP contribution in [0.3, 0.4) is 0 Å². The van der Waals surface area contributed by atoms with Crippen molar-refractivity contribution in [2.45, 2.75) is 13.5 Å². The van der Waals surface area contributed by atoms with Gasteiger partial charge in [0, 0.05) is 22.9 Å². The second-order valence-corrected chi connectivity index (χ2v) is 4.30. The fourth-order valence-electron chi connectivity index (χ4n) is 1.14. The van der Waals surface area contributed by atoms with E-state index in [0.717, 1.165) is 0 Å². The molecular formula is C8H10NO6P. The van der Waals surface area contributed by atoms with Gasteiger partial charge in [-0.25, -0.2) is 4.57 Å². The maximum atomic E-state index is 11.1. The van der Waals surface area contributed by atoms with Crippen molar-refractivity contribution in [2.75, 3.05) is 0 Å². The number of rotatable bonds is 4. The highest BCUT2D eigenvalue weighted by molar-refractivity contribution is 7.46. The summed E-state index contributed by atoms with van der Waals surface area (Å²) in [5.74, 6) is 0. The van der Waals surface area contributed by atoms with Gasteiger partial charge in [0.15, 0.2) is 6.29 Å². The summed E-state index contributed by atoms with van der Waals surface area (Å²) in [7, 11) is -4.60. The van der Waals surface area contributed by atoms with Gasteiger partial charge in [-0.3, -0.25) is 14.1 Å². The Bertz CT molecular complexity index is 502. The molecule has 1 heterocycles. The Morgan fingerprint density at radius 2 is 2.19 bits per heavy atom. The van der Waals surface area contributed by atoms with Gasteiger partial charge in [-0.05, 0) is 6.92 Å². The predicted octanol–water partition coefficient (Wildman–Crippen LogP) is 0.105. The number of aldehydes is 1. The van der Waals surface area contributed by atoms with E-state index in [-0.39, 0.29) is 16.7 Å².